The van der Waals surface area contributed by atoms with Gasteiger partial charge in [0.15, 0.2) is 0 Å². The van der Waals surface area contributed by atoms with Crippen LogP contribution in [0.25, 0.3) is 0 Å². The van der Waals surface area contributed by atoms with E-state index in [4.69, 9.17) is 9.48 Å². The van der Waals surface area contributed by atoms with Crippen LogP contribution in [0, 0.1) is 0 Å². The van der Waals surface area contributed by atoms with Gasteiger partial charge in [0.05, 0.1) is 31.1 Å². The number of carbonyl (C=O) groups is 1. The van der Waals surface area contributed by atoms with Crippen LogP contribution in [-0.2, 0) is 4.74 Å². The second kappa shape index (κ2) is 11.7. The van der Waals surface area contributed by atoms with Crippen LogP contribution in [0.2, 0.25) is 0 Å². The zero-order valence-corrected chi connectivity index (χ0v) is 21.9. The molecule has 0 amide bonds. The van der Waals surface area contributed by atoms with Crippen LogP contribution in [-0.4, -0.2) is 19.3 Å². The van der Waals surface area contributed by atoms with E-state index < -0.39 is 7.05 Å². The lowest BCUT2D eigenvalue weighted by atomic mass is 10.2. The fraction of sp³-hybridized carbons (Fsp3) is 0.0303. The van der Waals surface area contributed by atoms with Gasteiger partial charge in [-0.2, -0.15) is 0 Å². The maximum Gasteiger partial charge on any atom is 0.337 e. The Morgan fingerprint density at radius 3 is 1.50 bits per heavy atom. The Morgan fingerprint density at radius 1 is 0.605 bits per heavy atom. The third-order valence-corrected chi connectivity index (χ3v) is 9.87. The lowest BCUT2D eigenvalue weighted by Crippen LogP contribution is -2.25. The Balaban J connectivity index is 1.54. The Kier molecular flexibility index (Phi) is 7.73. The normalized spacial score (nSPS) is 11.3. The van der Waals surface area contributed by atoms with Crippen LogP contribution in [0.5, 0.6) is 0 Å². The van der Waals surface area contributed by atoms with Crippen LogP contribution in [0.4, 0.5) is 11.4 Å². The van der Waals surface area contributed by atoms with Crippen molar-refractivity contribution in [2.75, 3.05) is 7.11 Å². The summed E-state index contributed by atoms with van der Waals surface area (Å²) in [6.07, 6.45) is 1.81. The molecule has 5 rings (SSSR count). The topological polar surface area (TPSA) is 51.0 Å². The van der Waals surface area contributed by atoms with E-state index in [-0.39, 0.29) is 5.97 Å². The molecule has 0 N–H and O–H groups in total. The Bertz CT molecular complexity index is 1480. The molecule has 186 valence electrons. The maximum absolute atomic E-state index is 11.6. The van der Waals surface area contributed by atoms with Gasteiger partial charge < -0.3 is 4.74 Å². The van der Waals surface area contributed by atoms with Crippen molar-refractivity contribution < 1.29 is 9.53 Å². The van der Waals surface area contributed by atoms with Crippen molar-refractivity contribution in [2.45, 2.75) is 0 Å². The van der Waals surface area contributed by atoms with Gasteiger partial charge in [0, 0.05) is 22.1 Å². The van der Waals surface area contributed by atoms with Gasteiger partial charge in [-0.1, -0.05) is 103 Å². The van der Waals surface area contributed by atoms with Crippen molar-refractivity contribution in [2.24, 2.45) is 9.74 Å². The minimum absolute atomic E-state index is 0.361. The van der Waals surface area contributed by atoms with Crippen molar-refractivity contribution in [3.63, 3.8) is 0 Å². The summed E-state index contributed by atoms with van der Waals surface area (Å²) in [6.45, 7) is 0. The van der Waals surface area contributed by atoms with Gasteiger partial charge in [-0.25, -0.2) is 4.79 Å². The molecule has 0 aromatic heterocycles. The molecule has 5 heteroatoms. The van der Waals surface area contributed by atoms with Crippen molar-refractivity contribution in [3.05, 3.63) is 151 Å². The fourth-order valence-electron chi connectivity index (χ4n) is 4.30. The number of carbonyl (C=O) groups excluding carboxylic acids is 1. The molecule has 0 heterocycles. The maximum atomic E-state index is 11.6. The second-order valence-corrected chi connectivity index (χ2v) is 11.7. The first-order chi connectivity index (χ1) is 18.7. The molecular weight excluding hydrogens is 487 g/mol. The van der Waals surface area contributed by atoms with E-state index in [2.05, 4.69) is 77.8 Å². The zero-order chi connectivity index (χ0) is 26.2. The number of esters is 1. The first kappa shape index (κ1) is 25.1. The van der Waals surface area contributed by atoms with Gasteiger partial charge >= 0.3 is 5.97 Å². The van der Waals surface area contributed by atoms with E-state index in [0.717, 1.165) is 16.9 Å². The molecular formula is C33H27N2O2P. The molecule has 0 radical (unpaired) electrons. The first-order valence-electron chi connectivity index (χ1n) is 12.3. The van der Waals surface area contributed by atoms with Gasteiger partial charge in [0.1, 0.15) is 0 Å². The molecule has 0 atom stereocenters. The summed E-state index contributed by atoms with van der Waals surface area (Å²) in [6, 6.07) is 46.9. The Labute approximate surface area is 223 Å². The van der Waals surface area contributed by atoms with Gasteiger partial charge in [-0.3, -0.25) is 9.74 Å². The number of benzene rings is 5. The van der Waals surface area contributed by atoms with Crippen LogP contribution in [0.1, 0.15) is 15.9 Å². The minimum Gasteiger partial charge on any atom is -0.465 e. The van der Waals surface area contributed by atoms with Gasteiger partial charge in [0.2, 0.25) is 0 Å². The number of methoxy groups -OCH3 is 1. The zero-order valence-electron chi connectivity index (χ0n) is 21.0. The van der Waals surface area contributed by atoms with Gasteiger partial charge in [-0.05, 0) is 42.0 Å². The smallest absolute Gasteiger partial charge is 0.337 e. The Hall–Kier alpha value is -4.53. The number of hydrogen-bond donors (Lipinski definition) is 0. The molecule has 0 bridgehead atoms. The highest BCUT2D eigenvalue weighted by Crippen LogP contribution is 2.49. The molecule has 0 saturated carbocycles. The standard InChI is InChI=1S/C33H27N2O2P/c1-37-33(36)27-19-23-28(24-20-27)34-25-26-17-21-29(22-18-26)35-38(30-11-5-2-6-12-30,31-13-7-3-8-14-31)32-15-9-4-10-16-32/h2-25H,1H3. The molecule has 4 nitrogen and oxygen atoms in total. The summed E-state index contributed by atoms with van der Waals surface area (Å²) < 4.78 is 10.3. The summed E-state index contributed by atoms with van der Waals surface area (Å²) in [5.74, 6) is -0.361. The summed E-state index contributed by atoms with van der Waals surface area (Å²) in [7, 11) is -0.945. The predicted molar refractivity (Wildman–Crippen MR) is 159 cm³/mol. The van der Waals surface area contributed by atoms with Crippen molar-refractivity contribution in [3.8, 4) is 0 Å². The van der Waals surface area contributed by atoms with Crippen LogP contribution in [0.3, 0.4) is 0 Å². The summed E-state index contributed by atoms with van der Waals surface area (Å²) in [5, 5.41) is 3.62. The number of rotatable bonds is 7. The fourth-order valence-corrected chi connectivity index (χ4v) is 7.83. The second-order valence-electron chi connectivity index (χ2n) is 8.63. The lowest BCUT2D eigenvalue weighted by molar-refractivity contribution is 0.0601. The number of hydrogen-bond acceptors (Lipinski definition) is 4. The molecule has 0 fully saturated rings. The minimum atomic E-state index is -2.32. The molecule has 0 spiro atoms. The summed E-state index contributed by atoms with van der Waals surface area (Å²) in [5.41, 5.74) is 3.13. The molecule has 0 aliphatic heterocycles. The Morgan fingerprint density at radius 2 is 1.05 bits per heavy atom. The average molecular weight is 515 g/mol. The van der Waals surface area contributed by atoms with Crippen molar-refractivity contribution in [1.29, 1.82) is 0 Å². The number of nitrogens with zero attached hydrogens (tertiary/aromatic N) is 2. The molecule has 38 heavy (non-hydrogen) atoms. The first-order valence-corrected chi connectivity index (χ1v) is 14.0. The van der Waals surface area contributed by atoms with Crippen molar-refractivity contribution in [1.82, 2.24) is 0 Å². The van der Waals surface area contributed by atoms with Crippen LogP contribution >= 0.6 is 7.05 Å². The third-order valence-electron chi connectivity index (χ3n) is 6.20. The van der Waals surface area contributed by atoms with Crippen molar-refractivity contribution >= 4 is 46.5 Å². The number of aliphatic imine (C=N–C) groups is 1. The summed E-state index contributed by atoms with van der Waals surface area (Å²) >= 11 is 0. The van der Waals surface area contributed by atoms with Gasteiger partial charge in [0.25, 0.3) is 0 Å². The van der Waals surface area contributed by atoms with E-state index >= 15 is 0 Å². The highest BCUT2D eigenvalue weighted by Gasteiger charge is 2.27. The van der Waals surface area contributed by atoms with E-state index in [1.54, 1.807) is 24.3 Å². The molecule has 5 aromatic rings. The molecule has 0 aliphatic carbocycles. The third kappa shape index (κ3) is 5.41. The van der Waals surface area contributed by atoms with E-state index in [9.17, 15) is 4.79 Å². The van der Waals surface area contributed by atoms with Crippen LogP contribution in [0.15, 0.2) is 149 Å². The van der Waals surface area contributed by atoms with Crippen LogP contribution < -0.4 is 15.9 Å². The molecule has 0 saturated heterocycles. The quantitative estimate of drug-likeness (QED) is 0.133. The van der Waals surface area contributed by atoms with E-state index in [0.29, 0.717) is 5.56 Å². The monoisotopic (exact) mass is 514 g/mol. The summed E-state index contributed by atoms with van der Waals surface area (Å²) in [4.78, 5) is 16.2. The largest absolute Gasteiger partial charge is 0.465 e. The highest BCUT2D eigenvalue weighted by atomic mass is 31.2. The molecule has 0 aliphatic rings. The predicted octanol–water partition coefficient (Wildman–Crippen LogP) is 7.03. The SMILES string of the molecule is COC(=O)c1ccc(N=Cc2ccc(N=P(c3ccccc3)(c3ccccc3)c3ccccc3)cc2)cc1. The van der Waals surface area contributed by atoms with Gasteiger partial charge in [-0.15, -0.1) is 0 Å². The average Bonchev–Trinajstić information content (AvgIpc) is 3.00. The number of ether oxygens (including phenoxy) is 1. The lowest BCUT2D eigenvalue weighted by Gasteiger charge is -2.27. The van der Waals surface area contributed by atoms with E-state index in [1.165, 1.54) is 23.0 Å². The van der Waals surface area contributed by atoms with E-state index in [1.807, 2.05) is 48.7 Å². The molecule has 0 unspecified atom stereocenters. The molecule has 5 aromatic carbocycles. The highest BCUT2D eigenvalue weighted by molar-refractivity contribution is 7.87.